The van der Waals surface area contributed by atoms with Gasteiger partial charge in [-0.2, -0.15) is 0 Å². The van der Waals surface area contributed by atoms with E-state index in [1.807, 2.05) is 72.8 Å². The lowest BCUT2D eigenvalue weighted by Crippen LogP contribution is -2.15. The highest BCUT2D eigenvalue weighted by Crippen LogP contribution is 2.50. The summed E-state index contributed by atoms with van der Waals surface area (Å²) >= 11 is 0. The van der Waals surface area contributed by atoms with E-state index in [9.17, 15) is 0 Å². The molecule has 11 rings (SSSR count). The Bertz CT molecular complexity index is 3020. The Morgan fingerprint density at radius 1 is 0.472 bits per heavy atom. The van der Waals surface area contributed by atoms with Crippen molar-refractivity contribution in [2.45, 2.75) is 19.3 Å². The van der Waals surface area contributed by atoms with E-state index >= 15 is 0 Å². The van der Waals surface area contributed by atoms with Crippen LogP contribution < -0.4 is 0 Å². The predicted molar refractivity (Wildman–Crippen MR) is 215 cm³/mol. The first-order valence-electron chi connectivity index (χ1n) is 18.0. The number of rotatable bonds is 4. The molecule has 0 N–H and O–H groups in total. The number of para-hydroxylation sites is 1. The Morgan fingerprint density at radius 2 is 1.09 bits per heavy atom. The summed E-state index contributed by atoms with van der Waals surface area (Å²) in [4.78, 5) is 15.3. The van der Waals surface area contributed by atoms with Gasteiger partial charge in [0.1, 0.15) is 11.2 Å². The smallest absolute Gasteiger partial charge is 0.164 e. The van der Waals surface area contributed by atoms with Crippen LogP contribution in [0.25, 0.3) is 94.7 Å². The Kier molecular flexibility index (Phi) is 6.23. The third-order valence-electron chi connectivity index (χ3n) is 11.1. The van der Waals surface area contributed by atoms with E-state index in [0.29, 0.717) is 17.5 Å². The third kappa shape index (κ3) is 4.34. The number of hydrogen-bond acceptors (Lipinski definition) is 4. The molecule has 5 nitrogen and oxygen atoms in total. The van der Waals surface area contributed by atoms with Gasteiger partial charge in [-0.3, -0.25) is 0 Å². The Balaban J connectivity index is 1.23. The van der Waals surface area contributed by atoms with E-state index in [1.54, 1.807) is 0 Å². The summed E-state index contributed by atoms with van der Waals surface area (Å²) in [5.41, 5.74) is 12.9. The second-order valence-corrected chi connectivity index (χ2v) is 14.4. The highest BCUT2D eigenvalue weighted by molar-refractivity contribution is 6.26. The fourth-order valence-electron chi connectivity index (χ4n) is 8.57. The zero-order valence-corrected chi connectivity index (χ0v) is 29.2. The second-order valence-electron chi connectivity index (χ2n) is 14.4. The van der Waals surface area contributed by atoms with Gasteiger partial charge < -0.3 is 8.98 Å². The molecule has 0 bridgehead atoms. The molecule has 5 heteroatoms. The number of fused-ring (bicyclic) bond motifs is 10. The number of furan rings is 1. The maximum atomic E-state index is 6.70. The van der Waals surface area contributed by atoms with Gasteiger partial charge in [0.2, 0.25) is 0 Å². The van der Waals surface area contributed by atoms with Gasteiger partial charge in [-0.15, -0.1) is 0 Å². The molecule has 0 unspecified atom stereocenters. The van der Waals surface area contributed by atoms with Crippen LogP contribution in [0.5, 0.6) is 0 Å². The number of benzene rings is 7. The van der Waals surface area contributed by atoms with E-state index in [2.05, 4.69) is 103 Å². The first-order valence-corrected chi connectivity index (χ1v) is 18.0. The maximum Gasteiger partial charge on any atom is 0.164 e. The molecule has 0 saturated heterocycles. The minimum Gasteiger partial charge on any atom is -0.456 e. The largest absolute Gasteiger partial charge is 0.456 e. The van der Waals surface area contributed by atoms with Crippen molar-refractivity contribution in [2.24, 2.45) is 0 Å². The molecule has 0 saturated carbocycles. The summed E-state index contributed by atoms with van der Waals surface area (Å²) < 4.78 is 9.13. The summed E-state index contributed by atoms with van der Waals surface area (Å²) in [5.74, 6) is 1.85. The van der Waals surface area contributed by atoms with Crippen molar-refractivity contribution in [3.63, 3.8) is 0 Å². The van der Waals surface area contributed by atoms with Gasteiger partial charge in [0, 0.05) is 44.0 Å². The van der Waals surface area contributed by atoms with Crippen LogP contribution in [0.15, 0.2) is 162 Å². The highest BCUT2D eigenvalue weighted by Gasteiger charge is 2.35. The molecule has 0 atom stereocenters. The van der Waals surface area contributed by atoms with Gasteiger partial charge in [0.25, 0.3) is 0 Å². The third-order valence-corrected chi connectivity index (χ3v) is 11.1. The van der Waals surface area contributed by atoms with Gasteiger partial charge in [0.05, 0.1) is 16.4 Å². The van der Waals surface area contributed by atoms with Crippen molar-refractivity contribution >= 4 is 43.7 Å². The molecule has 10 aromatic rings. The van der Waals surface area contributed by atoms with E-state index < -0.39 is 0 Å². The van der Waals surface area contributed by atoms with Crippen molar-refractivity contribution in [3.05, 3.63) is 169 Å². The van der Waals surface area contributed by atoms with Gasteiger partial charge in [-0.25, -0.2) is 15.0 Å². The molecule has 0 radical (unpaired) electrons. The molecule has 250 valence electrons. The van der Waals surface area contributed by atoms with E-state index in [0.717, 1.165) is 55.3 Å². The molecule has 7 aromatic carbocycles. The Labute approximate surface area is 305 Å². The lowest BCUT2D eigenvalue weighted by atomic mass is 9.82. The van der Waals surface area contributed by atoms with Crippen molar-refractivity contribution < 1.29 is 4.42 Å². The average molecular weight is 681 g/mol. The second kappa shape index (κ2) is 11.1. The van der Waals surface area contributed by atoms with Crippen LogP contribution in [0.1, 0.15) is 25.0 Å². The SMILES string of the molecule is CC1(C)c2ccccc2-c2ccc(-n3c4ccccc4c4ccc5oc6cccc(-c7nc(-c8ccccc8)nc(-c8ccccc8)n7)c6c5c43)cc21. The minimum atomic E-state index is -0.128. The van der Waals surface area contributed by atoms with Crippen LogP contribution >= 0.6 is 0 Å². The first-order chi connectivity index (χ1) is 26.0. The molecule has 53 heavy (non-hydrogen) atoms. The van der Waals surface area contributed by atoms with Gasteiger partial charge >= 0.3 is 0 Å². The summed E-state index contributed by atoms with van der Waals surface area (Å²) in [6.07, 6.45) is 0. The highest BCUT2D eigenvalue weighted by atomic mass is 16.3. The van der Waals surface area contributed by atoms with Crippen LogP contribution in [0, 0.1) is 0 Å². The fourth-order valence-corrected chi connectivity index (χ4v) is 8.57. The standard InChI is InChI=1S/C48H32N4O/c1-48(2)37-21-11-9-18-32(37)33-25-24-31(28-38(33)48)52-39-22-12-10-19-34(39)35-26-27-41-43(44(35)52)42-36(20-13-23-40(42)53-41)47-50-45(29-14-5-3-6-15-29)49-46(51-47)30-16-7-4-8-17-30/h3-28H,1-2H3. The number of nitrogens with zero attached hydrogens (tertiary/aromatic N) is 4. The normalized spacial score (nSPS) is 13.2. The maximum absolute atomic E-state index is 6.70. The van der Waals surface area contributed by atoms with Crippen molar-refractivity contribution in [3.8, 4) is 51.0 Å². The van der Waals surface area contributed by atoms with Gasteiger partial charge in [-0.1, -0.05) is 135 Å². The quantitative estimate of drug-likeness (QED) is 0.186. The minimum absolute atomic E-state index is 0.128. The molecule has 0 spiro atoms. The predicted octanol–water partition coefficient (Wildman–Crippen LogP) is 12.2. The van der Waals surface area contributed by atoms with Crippen LogP contribution in [-0.4, -0.2) is 19.5 Å². The number of hydrogen-bond donors (Lipinski definition) is 0. The summed E-state index contributed by atoms with van der Waals surface area (Å²) in [7, 11) is 0. The molecular formula is C48H32N4O. The zero-order valence-electron chi connectivity index (χ0n) is 29.2. The van der Waals surface area contributed by atoms with Crippen molar-refractivity contribution in [1.82, 2.24) is 19.5 Å². The topological polar surface area (TPSA) is 56.7 Å². The van der Waals surface area contributed by atoms with Crippen molar-refractivity contribution in [2.75, 3.05) is 0 Å². The molecule has 0 amide bonds. The molecule has 0 fully saturated rings. The molecule has 1 aliphatic carbocycles. The zero-order chi connectivity index (χ0) is 35.3. The lowest BCUT2D eigenvalue weighted by Gasteiger charge is -2.22. The molecule has 1 aliphatic rings. The average Bonchev–Trinajstić information content (AvgIpc) is 3.84. The van der Waals surface area contributed by atoms with Crippen LogP contribution in [0.3, 0.4) is 0 Å². The molecule has 3 heterocycles. The molecule has 0 aliphatic heterocycles. The lowest BCUT2D eigenvalue weighted by molar-refractivity contribution is 0.660. The monoisotopic (exact) mass is 680 g/mol. The fraction of sp³-hybridized carbons (Fsp3) is 0.0625. The van der Waals surface area contributed by atoms with E-state index in [-0.39, 0.29) is 5.41 Å². The van der Waals surface area contributed by atoms with Crippen molar-refractivity contribution in [1.29, 1.82) is 0 Å². The summed E-state index contributed by atoms with van der Waals surface area (Å²) in [5, 5.41) is 4.38. The molecular weight excluding hydrogens is 649 g/mol. The van der Waals surface area contributed by atoms with Crippen LogP contribution in [0.2, 0.25) is 0 Å². The number of aromatic nitrogens is 4. The van der Waals surface area contributed by atoms with Gasteiger partial charge in [-0.05, 0) is 58.7 Å². The molecule has 3 aromatic heterocycles. The van der Waals surface area contributed by atoms with Crippen LogP contribution in [-0.2, 0) is 5.41 Å². The first kappa shape index (κ1) is 29.8. The van der Waals surface area contributed by atoms with E-state index in [1.165, 1.54) is 33.0 Å². The van der Waals surface area contributed by atoms with Gasteiger partial charge in [0.15, 0.2) is 17.5 Å². The van der Waals surface area contributed by atoms with Crippen LogP contribution in [0.4, 0.5) is 0 Å². The van der Waals surface area contributed by atoms with E-state index in [4.69, 9.17) is 19.4 Å². The Hall–Kier alpha value is -6.85. The summed E-state index contributed by atoms with van der Waals surface area (Å²) in [6.45, 7) is 4.67. The summed E-state index contributed by atoms with van der Waals surface area (Å²) in [6, 6.07) is 55.2. The Morgan fingerprint density at radius 3 is 1.87 bits per heavy atom.